The molecule has 3 heterocycles. The van der Waals surface area contributed by atoms with Gasteiger partial charge in [0.1, 0.15) is 11.5 Å². The Hall–Kier alpha value is -4.77. The van der Waals surface area contributed by atoms with Gasteiger partial charge in [-0.2, -0.15) is 64.8 Å². The van der Waals surface area contributed by atoms with Gasteiger partial charge in [-0.3, -0.25) is 24.4 Å². The molecule has 28 heteroatoms. The minimum Gasteiger partial charge on any atom is -0.508 e. The highest BCUT2D eigenvalue weighted by atomic mass is 32.3. The van der Waals surface area contributed by atoms with Crippen molar-refractivity contribution in [3.63, 3.8) is 0 Å². The maximum absolute atomic E-state index is 12.5. The number of carbonyl (C=O) groups excluding carboxylic acids is 2. The van der Waals surface area contributed by atoms with Gasteiger partial charge in [-0.15, -0.1) is 3.63 Å². The molecule has 0 atom stereocenters. The molecule has 2 aliphatic carbocycles. The third-order valence-corrected chi connectivity index (χ3v) is 13.5. The van der Waals surface area contributed by atoms with Crippen LogP contribution in [0.2, 0.25) is 0 Å². The molecule has 7 rings (SSSR count). The van der Waals surface area contributed by atoms with Gasteiger partial charge in [-0.05, 0) is 98.2 Å². The molecule has 2 saturated carbocycles. The summed E-state index contributed by atoms with van der Waals surface area (Å²) in [5.74, 6) is -0.501. The van der Waals surface area contributed by atoms with Crippen LogP contribution in [0, 0.1) is 0 Å². The van der Waals surface area contributed by atoms with Crippen LogP contribution in [0.3, 0.4) is 0 Å². The summed E-state index contributed by atoms with van der Waals surface area (Å²) in [5, 5.41) is 9.64. The topological polar surface area (TPSA) is 213 Å². The number of nitrogens with zero attached hydrogens (tertiary/aromatic N) is 3. The van der Waals surface area contributed by atoms with E-state index in [4.69, 9.17) is 9.47 Å². The second-order valence-corrected chi connectivity index (χ2v) is 19.8. The van der Waals surface area contributed by atoms with Gasteiger partial charge >= 0.3 is 58.8 Å². The summed E-state index contributed by atoms with van der Waals surface area (Å²) in [7, 11) is -19.4. The molecule has 1 aromatic heterocycles. The van der Waals surface area contributed by atoms with Crippen molar-refractivity contribution in [2.45, 2.75) is 80.0 Å². The van der Waals surface area contributed by atoms with Crippen LogP contribution in [0.5, 0.6) is 11.5 Å². The maximum Gasteiger partial charge on any atom is 0.534 e. The first-order chi connectivity index (χ1) is 30.4. The number of pyridine rings is 1. The van der Waals surface area contributed by atoms with Gasteiger partial charge in [-0.25, -0.2) is 0 Å². The molecule has 66 heavy (non-hydrogen) atoms. The summed E-state index contributed by atoms with van der Waals surface area (Å²) in [5.41, 5.74) is -14.0. The van der Waals surface area contributed by atoms with Gasteiger partial charge in [0.15, 0.2) is 0 Å². The molecular formula is C38H42F9N3O13S3. The lowest BCUT2D eigenvalue weighted by Crippen LogP contribution is -2.41. The van der Waals surface area contributed by atoms with Crippen LogP contribution in [0.25, 0.3) is 0 Å². The van der Waals surface area contributed by atoms with E-state index in [-0.39, 0.29) is 35.1 Å². The van der Waals surface area contributed by atoms with Gasteiger partial charge in [0.05, 0.1) is 26.3 Å². The molecule has 2 fully saturated rings. The number of esters is 2. The highest BCUT2D eigenvalue weighted by Gasteiger charge is 2.57. The summed E-state index contributed by atoms with van der Waals surface area (Å²) in [6.45, 7) is 7.42. The molecule has 0 saturated heterocycles. The van der Waals surface area contributed by atoms with E-state index in [1.807, 2.05) is 45.8 Å². The van der Waals surface area contributed by atoms with Gasteiger partial charge in [0.2, 0.25) is 0 Å². The van der Waals surface area contributed by atoms with Crippen LogP contribution in [-0.2, 0) is 77.0 Å². The lowest BCUT2D eigenvalue weighted by Gasteiger charge is -2.34. The van der Waals surface area contributed by atoms with Crippen molar-refractivity contribution in [3.05, 3.63) is 89.2 Å². The standard InChI is InChI=1S/C16H18F3NO5S.C15H19NO3.C5H5N.C2F6O5S2/c1-2-24-14(21)9-20-8-11-3-4-12(25-26(22,23)16(17,18)19)7-13(11)15(10-20)5-6-15;1-2-19-14(18)9-16-8-11-3-4-12(17)7-13(11)15(10-16)5-6-15;1-2-4-6-5-3-1;3-1(4,5)14(9,10)13-15(11,12)2(6,7)8/h3-4,7H,2,5-6,8-10H2,1H3;3-4,7,17H,2,5-6,8-10H2,1H3;1-5H;. The first-order valence-electron chi connectivity index (χ1n) is 19.3. The van der Waals surface area contributed by atoms with Crippen molar-refractivity contribution in [2.75, 3.05) is 39.4 Å². The molecule has 0 radical (unpaired) electrons. The summed E-state index contributed by atoms with van der Waals surface area (Å²) in [6, 6.07) is 15.4. The van der Waals surface area contributed by atoms with E-state index < -0.39 is 46.9 Å². The molecule has 3 aromatic rings. The zero-order valence-corrected chi connectivity index (χ0v) is 37.1. The molecule has 0 amide bonds. The summed E-state index contributed by atoms with van der Waals surface area (Å²) in [6.07, 6.45) is 7.41. The van der Waals surface area contributed by atoms with Crippen LogP contribution in [0.1, 0.15) is 61.8 Å². The quantitative estimate of drug-likeness (QED) is 0.108. The highest BCUT2D eigenvalue weighted by Crippen LogP contribution is 2.54. The van der Waals surface area contributed by atoms with Crippen LogP contribution in [-0.4, -0.2) is 113 Å². The SMILES string of the molecule is CCOC(=O)CN1Cc2ccc(O)cc2C2(CC2)C1.CCOC(=O)CN1Cc2ccc(OS(=O)(=O)C(F)(F)F)cc2C2(CC2)C1.O=S(=O)(OS(=O)(=O)C(F)(F)F)C(F)(F)F.c1ccncc1. The van der Waals surface area contributed by atoms with Crippen molar-refractivity contribution in [1.82, 2.24) is 14.8 Å². The van der Waals surface area contributed by atoms with E-state index in [9.17, 15) is 79.5 Å². The molecule has 368 valence electrons. The first-order valence-corrected chi connectivity index (χ1v) is 23.5. The van der Waals surface area contributed by atoms with E-state index in [2.05, 4.69) is 14.1 Å². The number of rotatable bonds is 10. The largest absolute Gasteiger partial charge is 0.534 e. The predicted molar refractivity (Wildman–Crippen MR) is 211 cm³/mol. The summed E-state index contributed by atoms with van der Waals surface area (Å²) in [4.78, 5) is 31.2. The number of phenolic OH excluding ortho intramolecular Hbond substituents is 1. The smallest absolute Gasteiger partial charge is 0.508 e. The maximum atomic E-state index is 12.5. The Morgan fingerprint density at radius 2 is 1.05 bits per heavy atom. The average molecular weight is 1020 g/mol. The van der Waals surface area contributed by atoms with E-state index in [0.717, 1.165) is 49.9 Å². The first kappa shape index (κ1) is 53.8. The van der Waals surface area contributed by atoms with Crippen molar-refractivity contribution in [1.29, 1.82) is 0 Å². The van der Waals surface area contributed by atoms with Crippen LogP contribution < -0.4 is 4.18 Å². The lowest BCUT2D eigenvalue weighted by molar-refractivity contribution is -0.145. The van der Waals surface area contributed by atoms with Crippen molar-refractivity contribution in [2.24, 2.45) is 0 Å². The Morgan fingerprint density at radius 1 is 0.636 bits per heavy atom. The van der Waals surface area contributed by atoms with Crippen LogP contribution in [0.15, 0.2) is 67.0 Å². The number of ether oxygens (including phenoxy) is 2. The second-order valence-electron chi connectivity index (χ2n) is 15.0. The van der Waals surface area contributed by atoms with Gasteiger partial charge in [0, 0.05) is 49.4 Å². The Bertz CT molecular complexity index is 2450. The Balaban J connectivity index is 0.000000210. The van der Waals surface area contributed by atoms with E-state index in [1.54, 1.807) is 31.5 Å². The fourth-order valence-corrected chi connectivity index (χ4v) is 8.91. The third-order valence-electron chi connectivity index (χ3n) is 9.98. The monoisotopic (exact) mass is 1020 g/mol. The lowest BCUT2D eigenvalue weighted by atomic mass is 9.87. The van der Waals surface area contributed by atoms with Gasteiger partial charge < -0.3 is 18.8 Å². The number of aromatic hydroxyl groups is 1. The molecule has 0 bridgehead atoms. The number of halogens is 9. The number of hydrogen-bond donors (Lipinski definition) is 1. The molecule has 1 N–H and O–H groups in total. The van der Waals surface area contributed by atoms with Gasteiger partial charge in [-0.1, -0.05) is 18.2 Å². The van der Waals surface area contributed by atoms with E-state index in [1.165, 1.54) is 23.3 Å². The molecule has 4 aliphatic rings. The summed E-state index contributed by atoms with van der Waals surface area (Å²) >= 11 is 0. The number of hydrogen-bond acceptors (Lipinski definition) is 16. The molecule has 2 aliphatic heterocycles. The van der Waals surface area contributed by atoms with Crippen molar-refractivity contribution >= 4 is 42.3 Å². The molecular weight excluding hydrogens is 974 g/mol. The van der Waals surface area contributed by atoms with Crippen LogP contribution >= 0.6 is 0 Å². The Morgan fingerprint density at radius 3 is 1.39 bits per heavy atom. The third kappa shape index (κ3) is 14.1. The van der Waals surface area contributed by atoms with Crippen LogP contribution in [0.4, 0.5) is 39.5 Å². The van der Waals surface area contributed by atoms with E-state index in [0.29, 0.717) is 38.6 Å². The molecule has 16 nitrogen and oxygen atoms in total. The number of benzene rings is 2. The molecule has 2 aromatic carbocycles. The minimum atomic E-state index is -6.85. The molecule has 2 spiro atoms. The second kappa shape index (κ2) is 20.6. The van der Waals surface area contributed by atoms with Crippen molar-refractivity contribution in [3.8, 4) is 11.5 Å². The number of fused-ring (bicyclic) bond motifs is 4. The Kier molecular flexibility index (Phi) is 16.8. The predicted octanol–water partition coefficient (Wildman–Crippen LogP) is 5.91. The normalized spacial score (nSPS) is 17.5. The van der Waals surface area contributed by atoms with Crippen molar-refractivity contribution < 1.29 is 96.7 Å². The average Bonchev–Trinajstić information content (AvgIpc) is 4.13. The minimum absolute atomic E-state index is 0.135. The highest BCUT2D eigenvalue weighted by molar-refractivity contribution is 8.00. The fraction of sp³-hybridized carbons (Fsp3) is 0.500. The molecule has 0 unspecified atom stereocenters. The summed E-state index contributed by atoms with van der Waals surface area (Å²) < 4.78 is 184. The number of aromatic nitrogens is 1. The zero-order chi connectivity index (χ0) is 49.6. The van der Waals surface area contributed by atoms with E-state index >= 15 is 0 Å². The van der Waals surface area contributed by atoms with Gasteiger partial charge in [0.25, 0.3) is 0 Å². The number of carbonyl (C=O) groups is 2. The fourth-order valence-electron chi connectivity index (χ4n) is 6.90. The zero-order valence-electron chi connectivity index (χ0n) is 34.7. The number of alkyl halides is 9. The Labute approximate surface area is 373 Å². The number of phenols is 1.